The molecule has 0 fully saturated rings. The summed E-state index contributed by atoms with van der Waals surface area (Å²) in [6, 6.07) is 10.1. The lowest BCUT2D eigenvalue weighted by Crippen LogP contribution is -2.37. The van der Waals surface area contributed by atoms with Gasteiger partial charge in [-0.2, -0.15) is 10.2 Å². The van der Waals surface area contributed by atoms with Crippen LogP contribution in [0.1, 0.15) is 29.4 Å². The molecule has 0 atom stereocenters. The number of nitrogens with zero attached hydrogens (tertiary/aromatic N) is 5. The zero-order valence-electron chi connectivity index (χ0n) is 16.4. The summed E-state index contributed by atoms with van der Waals surface area (Å²) in [4.78, 5) is 4.69. The van der Waals surface area contributed by atoms with Crippen molar-refractivity contribution >= 4 is 5.96 Å². The number of hydrogen-bond donors (Lipinski definition) is 2. The molecule has 2 N–H and O–H groups in total. The standard InChI is InChI=1S/C20H27N7/c1-5-21-20(23-13-19-15(2)25-26(4)16(19)3)22-11-17-12-24-27(14-17)18-9-7-6-8-10-18/h6-10,12,14H,5,11,13H2,1-4H3,(H2,21,22,23). The van der Waals surface area contributed by atoms with Crippen LogP contribution in [-0.2, 0) is 20.1 Å². The lowest BCUT2D eigenvalue weighted by molar-refractivity contribution is 0.728. The predicted molar refractivity (Wildman–Crippen MR) is 108 cm³/mol. The van der Waals surface area contributed by atoms with Crippen molar-refractivity contribution in [3.8, 4) is 5.69 Å². The highest BCUT2D eigenvalue weighted by Gasteiger charge is 2.10. The molecule has 142 valence electrons. The topological polar surface area (TPSA) is 72.1 Å². The second kappa shape index (κ2) is 8.53. The highest BCUT2D eigenvalue weighted by atomic mass is 15.3. The Morgan fingerprint density at radius 2 is 1.93 bits per heavy atom. The number of guanidine groups is 1. The maximum Gasteiger partial charge on any atom is 0.191 e. The van der Waals surface area contributed by atoms with Crippen LogP contribution in [0.5, 0.6) is 0 Å². The second-order valence-electron chi connectivity index (χ2n) is 6.45. The number of aliphatic imine (C=N–C) groups is 1. The van der Waals surface area contributed by atoms with Gasteiger partial charge in [-0.1, -0.05) is 18.2 Å². The van der Waals surface area contributed by atoms with Gasteiger partial charge in [0.25, 0.3) is 0 Å². The number of benzene rings is 1. The molecule has 7 nitrogen and oxygen atoms in total. The van der Waals surface area contributed by atoms with Crippen LogP contribution in [0.25, 0.3) is 5.69 Å². The van der Waals surface area contributed by atoms with Gasteiger partial charge in [-0.05, 0) is 32.9 Å². The minimum Gasteiger partial charge on any atom is -0.357 e. The first-order valence-corrected chi connectivity index (χ1v) is 9.18. The summed E-state index contributed by atoms with van der Waals surface area (Å²) in [5.41, 5.74) is 5.52. The summed E-state index contributed by atoms with van der Waals surface area (Å²) in [6.45, 7) is 8.24. The number of rotatable bonds is 6. The first kappa shape index (κ1) is 18.7. The van der Waals surface area contributed by atoms with Gasteiger partial charge >= 0.3 is 0 Å². The molecule has 0 aliphatic carbocycles. The Bertz CT molecular complexity index is 906. The Morgan fingerprint density at radius 3 is 2.59 bits per heavy atom. The average Bonchev–Trinajstić information content (AvgIpc) is 3.24. The van der Waals surface area contributed by atoms with Crippen molar-refractivity contribution in [1.29, 1.82) is 0 Å². The van der Waals surface area contributed by atoms with Crippen LogP contribution in [0.2, 0.25) is 0 Å². The van der Waals surface area contributed by atoms with E-state index in [-0.39, 0.29) is 0 Å². The molecule has 0 unspecified atom stereocenters. The molecule has 3 rings (SSSR count). The van der Waals surface area contributed by atoms with Crippen LogP contribution in [0.3, 0.4) is 0 Å². The molecule has 0 spiro atoms. The first-order chi connectivity index (χ1) is 13.1. The summed E-state index contributed by atoms with van der Waals surface area (Å²) in [5.74, 6) is 0.785. The fraction of sp³-hybridized carbons (Fsp3) is 0.350. The molecule has 0 aliphatic heterocycles. The molecule has 0 aliphatic rings. The van der Waals surface area contributed by atoms with E-state index in [1.165, 1.54) is 11.3 Å². The number of nitrogens with one attached hydrogen (secondary N) is 2. The van der Waals surface area contributed by atoms with E-state index < -0.39 is 0 Å². The van der Waals surface area contributed by atoms with Crippen LogP contribution in [0.15, 0.2) is 47.7 Å². The summed E-state index contributed by atoms with van der Waals surface area (Å²) in [5, 5.41) is 15.6. The number of para-hydroxylation sites is 1. The van der Waals surface area contributed by atoms with Crippen molar-refractivity contribution in [2.45, 2.75) is 33.9 Å². The van der Waals surface area contributed by atoms with Gasteiger partial charge in [0.2, 0.25) is 0 Å². The average molecular weight is 365 g/mol. The highest BCUT2D eigenvalue weighted by molar-refractivity contribution is 5.79. The second-order valence-corrected chi connectivity index (χ2v) is 6.45. The molecule has 27 heavy (non-hydrogen) atoms. The first-order valence-electron chi connectivity index (χ1n) is 9.18. The van der Waals surface area contributed by atoms with E-state index in [0.717, 1.165) is 29.4 Å². The predicted octanol–water partition coefficient (Wildman–Crippen LogP) is 2.48. The van der Waals surface area contributed by atoms with Crippen molar-refractivity contribution in [3.63, 3.8) is 0 Å². The SMILES string of the molecule is CCNC(=NCc1cnn(-c2ccccc2)c1)NCc1c(C)nn(C)c1C. The Morgan fingerprint density at radius 1 is 1.15 bits per heavy atom. The van der Waals surface area contributed by atoms with Crippen LogP contribution in [0, 0.1) is 13.8 Å². The van der Waals surface area contributed by atoms with Gasteiger partial charge in [0, 0.05) is 43.2 Å². The van der Waals surface area contributed by atoms with Gasteiger partial charge in [-0.3, -0.25) is 4.68 Å². The molecule has 0 bridgehead atoms. The maximum absolute atomic E-state index is 4.69. The molecule has 0 radical (unpaired) electrons. The maximum atomic E-state index is 4.69. The van der Waals surface area contributed by atoms with Gasteiger partial charge < -0.3 is 10.6 Å². The van der Waals surface area contributed by atoms with E-state index in [0.29, 0.717) is 13.1 Å². The third-order valence-corrected chi connectivity index (χ3v) is 4.51. The molecule has 1 aromatic carbocycles. The lowest BCUT2D eigenvalue weighted by Gasteiger charge is -2.11. The largest absolute Gasteiger partial charge is 0.357 e. The summed E-state index contributed by atoms with van der Waals surface area (Å²) in [6.07, 6.45) is 3.87. The van der Waals surface area contributed by atoms with Crippen LogP contribution >= 0.6 is 0 Å². The lowest BCUT2D eigenvalue weighted by atomic mass is 10.2. The van der Waals surface area contributed by atoms with Crippen LogP contribution in [-0.4, -0.2) is 32.1 Å². The van der Waals surface area contributed by atoms with Gasteiger partial charge in [0.05, 0.1) is 24.1 Å². The Balaban J connectivity index is 1.66. The normalized spacial score (nSPS) is 11.6. The van der Waals surface area contributed by atoms with Gasteiger partial charge in [0.1, 0.15) is 0 Å². The minimum absolute atomic E-state index is 0.563. The fourth-order valence-corrected chi connectivity index (χ4v) is 2.92. The number of hydrogen-bond acceptors (Lipinski definition) is 3. The molecule has 0 saturated heterocycles. The fourth-order valence-electron chi connectivity index (χ4n) is 2.92. The van der Waals surface area contributed by atoms with E-state index >= 15 is 0 Å². The minimum atomic E-state index is 0.563. The van der Waals surface area contributed by atoms with E-state index in [1.807, 2.05) is 66.1 Å². The molecular weight excluding hydrogens is 338 g/mol. The van der Waals surface area contributed by atoms with Gasteiger partial charge in [-0.15, -0.1) is 0 Å². The van der Waals surface area contributed by atoms with Gasteiger partial charge in [0.15, 0.2) is 5.96 Å². The van der Waals surface area contributed by atoms with Crippen molar-refractivity contribution in [1.82, 2.24) is 30.2 Å². The van der Waals surface area contributed by atoms with Gasteiger partial charge in [-0.25, -0.2) is 9.67 Å². The zero-order valence-corrected chi connectivity index (χ0v) is 16.4. The van der Waals surface area contributed by atoms with Crippen molar-refractivity contribution in [3.05, 3.63) is 65.2 Å². The molecule has 2 aromatic heterocycles. The van der Waals surface area contributed by atoms with Crippen LogP contribution < -0.4 is 10.6 Å². The molecule has 0 amide bonds. The van der Waals surface area contributed by atoms with E-state index in [1.54, 1.807) is 0 Å². The molecular formula is C20H27N7. The van der Waals surface area contributed by atoms with Crippen molar-refractivity contribution in [2.75, 3.05) is 6.54 Å². The quantitative estimate of drug-likeness (QED) is 0.520. The Kier molecular flexibility index (Phi) is 5.90. The zero-order chi connectivity index (χ0) is 19.2. The molecule has 0 saturated carbocycles. The summed E-state index contributed by atoms with van der Waals surface area (Å²) >= 11 is 0. The summed E-state index contributed by atoms with van der Waals surface area (Å²) in [7, 11) is 1.97. The van der Waals surface area contributed by atoms with Crippen molar-refractivity contribution in [2.24, 2.45) is 12.0 Å². The monoisotopic (exact) mass is 365 g/mol. The van der Waals surface area contributed by atoms with Crippen molar-refractivity contribution < 1.29 is 0 Å². The Hall–Kier alpha value is -3.09. The van der Waals surface area contributed by atoms with E-state index in [9.17, 15) is 0 Å². The third kappa shape index (κ3) is 4.55. The number of aromatic nitrogens is 4. The molecule has 7 heteroatoms. The Labute approximate surface area is 160 Å². The number of aryl methyl sites for hydroxylation is 2. The highest BCUT2D eigenvalue weighted by Crippen LogP contribution is 2.11. The smallest absolute Gasteiger partial charge is 0.191 e. The molecule has 2 heterocycles. The molecule has 3 aromatic rings. The van der Waals surface area contributed by atoms with E-state index in [2.05, 4.69) is 39.7 Å². The third-order valence-electron chi connectivity index (χ3n) is 4.51. The summed E-state index contributed by atoms with van der Waals surface area (Å²) < 4.78 is 3.78. The van der Waals surface area contributed by atoms with E-state index in [4.69, 9.17) is 0 Å². The van der Waals surface area contributed by atoms with Crippen LogP contribution in [0.4, 0.5) is 0 Å².